The van der Waals surface area contributed by atoms with Crippen LogP contribution in [0, 0.1) is 19.3 Å². The van der Waals surface area contributed by atoms with E-state index in [1.807, 2.05) is 6.92 Å². The summed E-state index contributed by atoms with van der Waals surface area (Å²) < 4.78 is 0. The SMILES string of the molecule is C#CCCNC(=O)c1ccnc(C)c1. The highest BCUT2D eigenvalue weighted by Crippen LogP contribution is 1.99. The summed E-state index contributed by atoms with van der Waals surface area (Å²) in [7, 11) is 0. The number of terminal acetylenes is 1. The minimum atomic E-state index is -0.106. The van der Waals surface area contributed by atoms with Gasteiger partial charge in [-0.3, -0.25) is 9.78 Å². The van der Waals surface area contributed by atoms with Crippen LogP contribution in [0.2, 0.25) is 0 Å². The fourth-order valence-corrected chi connectivity index (χ4v) is 1.04. The van der Waals surface area contributed by atoms with E-state index < -0.39 is 0 Å². The maximum absolute atomic E-state index is 11.5. The van der Waals surface area contributed by atoms with E-state index in [2.05, 4.69) is 16.2 Å². The standard InChI is InChI=1S/C11H12N2O/c1-3-4-6-13-11(14)10-5-7-12-9(2)8-10/h1,5,7-8H,4,6H2,2H3,(H,13,14). The highest BCUT2D eigenvalue weighted by Gasteiger charge is 2.03. The second-order valence-electron chi connectivity index (χ2n) is 2.90. The molecule has 0 aliphatic heterocycles. The van der Waals surface area contributed by atoms with Crippen LogP contribution in [0.1, 0.15) is 22.5 Å². The minimum absolute atomic E-state index is 0.106. The second-order valence-corrected chi connectivity index (χ2v) is 2.90. The maximum Gasteiger partial charge on any atom is 0.251 e. The normalized spacial score (nSPS) is 9.14. The molecule has 0 atom stereocenters. The summed E-state index contributed by atoms with van der Waals surface area (Å²) in [6.45, 7) is 2.36. The zero-order chi connectivity index (χ0) is 10.4. The van der Waals surface area contributed by atoms with Crippen LogP contribution in [0.25, 0.3) is 0 Å². The fraction of sp³-hybridized carbons (Fsp3) is 0.273. The first kappa shape index (κ1) is 10.3. The molecular formula is C11H12N2O. The number of carbonyl (C=O) groups is 1. The molecule has 1 N–H and O–H groups in total. The number of aryl methyl sites for hydroxylation is 1. The van der Waals surface area contributed by atoms with Gasteiger partial charge in [-0.2, -0.15) is 0 Å². The van der Waals surface area contributed by atoms with Gasteiger partial charge in [-0.25, -0.2) is 0 Å². The van der Waals surface area contributed by atoms with Gasteiger partial charge in [0.05, 0.1) is 0 Å². The molecular weight excluding hydrogens is 176 g/mol. The van der Waals surface area contributed by atoms with Crippen molar-refractivity contribution in [3.8, 4) is 12.3 Å². The molecule has 1 aromatic heterocycles. The topological polar surface area (TPSA) is 42.0 Å². The lowest BCUT2D eigenvalue weighted by molar-refractivity contribution is 0.0954. The van der Waals surface area contributed by atoms with Crippen molar-refractivity contribution in [1.82, 2.24) is 10.3 Å². The van der Waals surface area contributed by atoms with Crippen LogP contribution >= 0.6 is 0 Å². The van der Waals surface area contributed by atoms with Gasteiger partial charge in [0.2, 0.25) is 0 Å². The number of nitrogens with one attached hydrogen (secondary N) is 1. The molecule has 0 unspecified atom stereocenters. The van der Waals surface area contributed by atoms with Gasteiger partial charge in [-0.05, 0) is 19.1 Å². The van der Waals surface area contributed by atoms with E-state index in [9.17, 15) is 4.79 Å². The molecule has 3 heteroatoms. The summed E-state index contributed by atoms with van der Waals surface area (Å²) in [5.74, 6) is 2.35. The number of pyridine rings is 1. The largest absolute Gasteiger partial charge is 0.351 e. The molecule has 0 bridgehead atoms. The zero-order valence-corrected chi connectivity index (χ0v) is 8.08. The number of rotatable bonds is 3. The van der Waals surface area contributed by atoms with Crippen LogP contribution in [0.4, 0.5) is 0 Å². The first-order valence-electron chi connectivity index (χ1n) is 4.38. The van der Waals surface area contributed by atoms with E-state index in [1.165, 1.54) is 0 Å². The van der Waals surface area contributed by atoms with Crippen LogP contribution in [0.15, 0.2) is 18.3 Å². The highest BCUT2D eigenvalue weighted by molar-refractivity contribution is 5.94. The fourth-order valence-electron chi connectivity index (χ4n) is 1.04. The van der Waals surface area contributed by atoms with E-state index in [0.717, 1.165) is 5.69 Å². The van der Waals surface area contributed by atoms with E-state index >= 15 is 0 Å². The van der Waals surface area contributed by atoms with E-state index in [-0.39, 0.29) is 5.91 Å². The van der Waals surface area contributed by atoms with Crippen molar-refractivity contribution in [3.63, 3.8) is 0 Å². The average molecular weight is 188 g/mol. The number of aromatic nitrogens is 1. The van der Waals surface area contributed by atoms with Gasteiger partial charge < -0.3 is 5.32 Å². The monoisotopic (exact) mass is 188 g/mol. The summed E-state index contributed by atoms with van der Waals surface area (Å²) in [4.78, 5) is 15.5. The molecule has 1 aromatic rings. The Morgan fingerprint density at radius 3 is 3.14 bits per heavy atom. The highest BCUT2D eigenvalue weighted by atomic mass is 16.1. The third-order valence-corrected chi connectivity index (χ3v) is 1.71. The molecule has 14 heavy (non-hydrogen) atoms. The van der Waals surface area contributed by atoms with Gasteiger partial charge in [-0.15, -0.1) is 12.3 Å². The molecule has 72 valence electrons. The minimum Gasteiger partial charge on any atom is -0.351 e. The molecule has 0 fully saturated rings. The predicted molar refractivity (Wildman–Crippen MR) is 54.8 cm³/mol. The number of nitrogens with zero attached hydrogens (tertiary/aromatic N) is 1. The van der Waals surface area contributed by atoms with Crippen LogP contribution in [-0.4, -0.2) is 17.4 Å². The van der Waals surface area contributed by atoms with Gasteiger partial charge in [0.25, 0.3) is 5.91 Å². The third-order valence-electron chi connectivity index (χ3n) is 1.71. The molecule has 3 nitrogen and oxygen atoms in total. The van der Waals surface area contributed by atoms with Crippen molar-refractivity contribution >= 4 is 5.91 Å². The quantitative estimate of drug-likeness (QED) is 0.571. The Labute approximate surface area is 83.6 Å². The Morgan fingerprint density at radius 2 is 2.50 bits per heavy atom. The first-order chi connectivity index (χ1) is 6.74. The molecule has 0 aromatic carbocycles. The van der Waals surface area contributed by atoms with Crippen LogP contribution in [0.3, 0.4) is 0 Å². The molecule has 0 radical (unpaired) electrons. The van der Waals surface area contributed by atoms with Crippen LogP contribution in [0.5, 0.6) is 0 Å². The first-order valence-corrected chi connectivity index (χ1v) is 4.38. The van der Waals surface area contributed by atoms with E-state index in [4.69, 9.17) is 6.42 Å². The van der Waals surface area contributed by atoms with E-state index in [1.54, 1.807) is 18.3 Å². The summed E-state index contributed by atoms with van der Waals surface area (Å²) in [5.41, 5.74) is 1.45. The lowest BCUT2D eigenvalue weighted by Gasteiger charge is -2.02. The number of carbonyl (C=O) groups excluding carboxylic acids is 1. The van der Waals surface area contributed by atoms with Crippen molar-refractivity contribution in [1.29, 1.82) is 0 Å². The lowest BCUT2D eigenvalue weighted by atomic mass is 10.2. The molecule has 0 aliphatic rings. The van der Waals surface area contributed by atoms with Gasteiger partial charge in [0.1, 0.15) is 0 Å². The zero-order valence-electron chi connectivity index (χ0n) is 8.08. The number of hydrogen-bond acceptors (Lipinski definition) is 2. The molecule has 0 spiro atoms. The summed E-state index contributed by atoms with van der Waals surface area (Å²) >= 11 is 0. The Morgan fingerprint density at radius 1 is 1.71 bits per heavy atom. The molecule has 1 amide bonds. The molecule has 0 saturated carbocycles. The number of hydrogen-bond donors (Lipinski definition) is 1. The van der Waals surface area contributed by atoms with Crippen molar-refractivity contribution in [2.24, 2.45) is 0 Å². The Bertz CT molecular complexity index is 366. The Hall–Kier alpha value is -1.82. The third kappa shape index (κ3) is 2.91. The average Bonchev–Trinajstić information content (AvgIpc) is 2.18. The van der Waals surface area contributed by atoms with Crippen LogP contribution < -0.4 is 5.32 Å². The summed E-state index contributed by atoms with van der Waals surface area (Å²) in [5, 5.41) is 2.72. The van der Waals surface area contributed by atoms with E-state index in [0.29, 0.717) is 18.5 Å². The molecule has 0 saturated heterocycles. The smallest absolute Gasteiger partial charge is 0.251 e. The second kappa shape index (κ2) is 5.03. The lowest BCUT2D eigenvalue weighted by Crippen LogP contribution is -2.24. The van der Waals surface area contributed by atoms with Gasteiger partial charge in [-0.1, -0.05) is 0 Å². The summed E-state index contributed by atoms with van der Waals surface area (Å²) in [6.07, 6.45) is 7.23. The maximum atomic E-state index is 11.5. The summed E-state index contributed by atoms with van der Waals surface area (Å²) in [6, 6.07) is 3.42. The van der Waals surface area contributed by atoms with Crippen molar-refractivity contribution in [2.45, 2.75) is 13.3 Å². The predicted octanol–water partition coefficient (Wildman–Crippen LogP) is 1.14. The number of amides is 1. The molecule has 1 heterocycles. The van der Waals surface area contributed by atoms with Crippen molar-refractivity contribution < 1.29 is 4.79 Å². The van der Waals surface area contributed by atoms with Crippen molar-refractivity contribution in [3.05, 3.63) is 29.6 Å². The van der Waals surface area contributed by atoms with Gasteiger partial charge in [0.15, 0.2) is 0 Å². The molecule has 1 rings (SSSR count). The Balaban J connectivity index is 2.57. The Kier molecular flexibility index (Phi) is 3.69. The van der Waals surface area contributed by atoms with Crippen molar-refractivity contribution in [2.75, 3.05) is 6.54 Å². The van der Waals surface area contributed by atoms with Gasteiger partial charge in [0, 0.05) is 30.4 Å². The van der Waals surface area contributed by atoms with Crippen LogP contribution in [-0.2, 0) is 0 Å². The molecule has 0 aliphatic carbocycles. The van der Waals surface area contributed by atoms with Gasteiger partial charge >= 0.3 is 0 Å².